The SMILES string of the molecule is COCCCCCNC(C)CC(C)(C)OC. The molecule has 0 rings (SSSR count). The molecule has 0 aromatic rings. The molecule has 0 fully saturated rings. The summed E-state index contributed by atoms with van der Waals surface area (Å²) in [5.41, 5.74) is -0.0253. The Labute approximate surface area is 101 Å². The van der Waals surface area contributed by atoms with Crippen LogP contribution < -0.4 is 5.32 Å². The maximum absolute atomic E-state index is 5.41. The Kier molecular flexibility index (Phi) is 8.90. The van der Waals surface area contributed by atoms with Crippen molar-refractivity contribution in [3.8, 4) is 0 Å². The summed E-state index contributed by atoms with van der Waals surface area (Å²) < 4.78 is 10.4. The third kappa shape index (κ3) is 9.13. The standard InChI is InChI=1S/C13H29NO2/c1-12(11-13(2,3)16-5)14-9-7-6-8-10-15-4/h12,14H,6-11H2,1-5H3. The number of hydrogen-bond acceptors (Lipinski definition) is 3. The van der Waals surface area contributed by atoms with Gasteiger partial charge in [-0.25, -0.2) is 0 Å². The van der Waals surface area contributed by atoms with Crippen molar-refractivity contribution in [2.75, 3.05) is 27.4 Å². The molecule has 3 nitrogen and oxygen atoms in total. The van der Waals surface area contributed by atoms with E-state index in [-0.39, 0.29) is 5.60 Å². The second kappa shape index (κ2) is 8.97. The first-order valence-corrected chi connectivity index (χ1v) is 6.29. The Morgan fingerprint density at radius 2 is 1.81 bits per heavy atom. The van der Waals surface area contributed by atoms with Gasteiger partial charge in [-0.15, -0.1) is 0 Å². The van der Waals surface area contributed by atoms with Crippen LogP contribution in [0.5, 0.6) is 0 Å². The van der Waals surface area contributed by atoms with Gasteiger partial charge in [0, 0.05) is 26.9 Å². The van der Waals surface area contributed by atoms with E-state index in [1.807, 2.05) is 0 Å². The highest BCUT2D eigenvalue weighted by atomic mass is 16.5. The lowest BCUT2D eigenvalue weighted by atomic mass is 10.00. The highest BCUT2D eigenvalue weighted by molar-refractivity contribution is 4.75. The largest absolute Gasteiger partial charge is 0.385 e. The molecule has 16 heavy (non-hydrogen) atoms. The zero-order chi connectivity index (χ0) is 12.4. The number of nitrogens with one attached hydrogen (secondary N) is 1. The molecule has 98 valence electrons. The number of rotatable bonds is 10. The van der Waals surface area contributed by atoms with Crippen molar-refractivity contribution in [3.05, 3.63) is 0 Å². The van der Waals surface area contributed by atoms with E-state index >= 15 is 0 Å². The van der Waals surface area contributed by atoms with Gasteiger partial charge in [0.1, 0.15) is 0 Å². The minimum atomic E-state index is -0.0253. The Balaban J connectivity index is 3.40. The molecule has 1 atom stereocenters. The van der Waals surface area contributed by atoms with Crippen LogP contribution in [-0.2, 0) is 9.47 Å². The van der Waals surface area contributed by atoms with E-state index in [0.29, 0.717) is 6.04 Å². The van der Waals surface area contributed by atoms with Gasteiger partial charge in [-0.2, -0.15) is 0 Å². The summed E-state index contributed by atoms with van der Waals surface area (Å²) in [6, 6.07) is 0.511. The molecule has 0 radical (unpaired) electrons. The molecule has 0 aromatic heterocycles. The predicted octanol–water partition coefficient (Wildman–Crippen LogP) is 2.60. The van der Waals surface area contributed by atoms with E-state index in [1.165, 1.54) is 12.8 Å². The summed E-state index contributed by atoms with van der Waals surface area (Å²) in [5, 5.41) is 3.53. The van der Waals surface area contributed by atoms with Gasteiger partial charge in [-0.1, -0.05) is 0 Å². The van der Waals surface area contributed by atoms with Crippen molar-refractivity contribution in [2.45, 2.75) is 58.1 Å². The second-order valence-electron chi connectivity index (χ2n) is 5.08. The van der Waals surface area contributed by atoms with E-state index in [1.54, 1.807) is 14.2 Å². The molecule has 0 spiro atoms. The molecule has 0 saturated carbocycles. The van der Waals surface area contributed by atoms with Crippen LogP contribution in [-0.4, -0.2) is 39.0 Å². The van der Waals surface area contributed by atoms with E-state index in [0.717, 1.165) is 26.0 Å². The molecular formula is C13H29NO2. The molecule has 0 aliphatic carbocycles. The van der Waals surface area contributed by atoms with Gasteiger partial charge in [-0.3, -0.25) is 0 Å². The minimum absolute atomic E-state index is 0.0253. The van der Waals surface area contributed by atoms with Crippen LogP contribution in [0.3, 0.4) is 0 Å². The van der Waals surface area contributed by atoms with Gasteiger partial charge < -0.3 is 14.8 Å². The van der Waals surface area contributed by atoms with Crippen molar-refractivity contribution in [1.29, 1.82) is 0 Å². The van der Waals surface area contributed by atoms with Crippen LogP contribution in [0.4, 0.5) is 0 Å². The first kappa shape index (κ1) is 15.9. The van der Waals surface area contributed by atoms with Crippen LogP contribution in [0, 0.1) is 0 Å². The fourth-order valence-electron chi connectivity index (χ4n) is 1.79. The normalized spacial score (nSPS) is 14.1. The summed E-state index contributed by atoms with van der Waals surface area (Å²) in [5.74, 6) is 0. The van der Waals surface area contributed by atoms with E-state index in [9.17, 15) is 0 Å². The van der Waals surface area contributed by atoms with Crippen molar-refractivity contribution in [2.24, 2.45) is 0 Å². The Hall–Kier alpha value is -0.120. The molecule has 1 N–H and O–H groups in total. The van der Waals surface area contributed by atoms with Crippen molar-refractivity contribution >= 4 is 0 Å². The van der Waals surface area contributed by atoms with Gasteiger partial charge in [0.15, 0.2) is 0 Å². The fourth-order valence-corrected chi connectivity index (χ4v) is 1.79. The van der Waals surface area contributed by atoms with Gasteiger partial charge in [0.05, 0.1) is 5.60 Å². The second-order valence-corrected chi connectivity index (χ2v) is 5.08. The average molecular weight is 231 g/mol. The maximum atomic E-state index is 5.41. The van der Waals surface area contributed by atoms with Gasteiger partial charge >= 0.3 is 0 Å². The zero-order valence-corrected chi connectivity index (χ0v) is 11.6. The molecule has 0 aliphatic rings. The first-order valence-electron chi connectivity index (χ1n) is 6.29. The van der Waals surface area contributed by atoms with E-state index < -0.39 is 0 Å². The van der Waals surface area contributed by atoms with Crippen LogP contribution in [0.25, 0.3) is 0 Å². The van der Waals surface area contributed by atoms with Gasteiger partial charge in [0.2, 0.25) is 0 Å². The van der Waals surface area contributed by atoms with Gasteiger partial charge in [-0.05, 0) is 53.0 Å². The molecule has 0 amide bonds. The summed E-state index contributed by atoms with van der Waals surface area (Å²) in [7, 11) is 3.53. The minimum Gasteiger partial charge on any atom is -0.385 e. The average Bonchev–Trinajstić information content (AvgIpc) is 2.22. The number of ether oxygens (including phenoxy) is 2. The molecule has 1 unspecified atom stereocenters. The smallest absolute Gasteiger partial charge is 0.0637 e. The quantitative estimate of drug-likeness (QED) is 0.586. The summed E-state index contributed by atoms with van der Waals surface area (Å²) in [6.07, 6.45) is 4.67. The van der Waals surface area contributed by atoms with Crippen molar-refractivity contribution < 1.29 is 9.47 Å². The number of unbranched alkanes of at least 4 members (excludes halogenated alkanes) is 2. The lowest BCUT2D eigenvalue weighted by Crippen LogP contribution is -2.36. The monoisotopic (exact) mass is 231 g/mol. The van der Waals surface area contributed by atoms with Crippen LogP contribution >= 0.6 is 0 Å². The van der Waals surface area contributed by atoms with Crippen LogP contribution in [0.1, 0.15) is 46.5 Å². The molecule has 0 bridgehead atoms. The highest BCUT2D eigenvalue weighted by Gasteiger charge is 2.19. The molecule has 3 heteroatoms. The third-order valence-corrected chi connectivity index (χ3v) is 2.87. The zero-order valence-electron chi connectivity index (χ0n) is 11.6. The van der Waals surface area contributed by atoms with Crippen LogP contribution in [0.15, 0.2) is 0 Å². The maximum Gasteiger partial charge on any atom is 0.0637 e. The van der Waals surface area contributed by atoms with Crippen LogP contribution in [0.2, 0.25) is 0 Å². The fraction of sp³-hybridized carbons (Fsp3) is 1.00. The molecule has 0 aromatic carbocycles. The van der Waals surface area contributed by atoms with Crippen molar-refractivity contribution in [3.63, 3.8) is 0 Å². The summed E-state index contributed by atoms with van der Waals surface area (Å²) in [4.78, 5) is 0. The van der Waals surface area contributed by atoms with E-state index in [2.05, 4.69) is 26.1 Å². The topological polar surface area (TPSA) is 30.5 Å². The predicted molar refractivity (Wildman–Crippen MR) is 68.9 cm³/mol. The number of methoxy groups -OCH3 is 2. The molecule has 0 heterocycles. The summed E-state index contributed by atoms with van der Waals surface area (Å²) >= 11 is 0. The lowest BCUT2D eigenvalue weighted by Gasteiger charge is -2.27. The molecule has 0 aliphatic heterocycles. The first-order chi connectivity index (χ1) is 7.52. The summed E-state index contributed by atoms with van der Waals surface area (Å²) in [6.45, 7) is 8.44. The number of hydrogen-bond donors (Lipinski definition) is 1. The molecule has 0 saturated heterocycles. The Bertz CT molecular complexity index is 160. The molecular weight excluding hydrogens is 202 g/mol. The Morgan fingerprint density at radius 3 is 2.38 bits per heavy atom. The third-order valence-electron chi connectivity index (χ3n) is 2.87. The lowest BCUT2D eigenvalue weighted by molar-refractivity contribution is 0.00859. The highest BCUT2D eigenvalue weighted by Crippen LogP contribution is 2.15. The van der Waals surface area contributed by atoms with E-state index in [4.69, 9.17) is 9.47 Å². The van der Waals surface area contributed by atoms with Gasteiger partial charge in [0.25, 0.3) is 0 Å². The van der Waals surface area contributed by atoms with Crippen molar-refractivity contribution in [1.82, 2.24) is 5.32 Å². The Morgan fingerprint density at radius 1 is 1.12 bits per heavy atom.